The Hall–Kier alpha value is -1.60. The van der Waals surface area contributed by atoms with Gasteiger partial charge in [-0.1, -0.05) is 21.1 Å². The summed E-state index contributed by atoms with van der Waals surface area (Å²) >= 11 is 4.88. The minimum Gasteiger partial charge on any atom is -0.461 e. The van der Waals surface area contributed by atoms with Crippen molar-refractivity contribution in [2.24, 2.45) is 0 Å². The van der Waals surface area contributed by atoms with Gasteiger partial charge in [-0.05, 0) is 44.2 Å². The molecule has 5 nitrogen and oxygen atoms in total. The molecule has 0 aliphatic heterocycles. The van der Waals surface area contributed by atoms with E-state index in [1.54, 1.807) is 19.1 Å². The Labute approximate surface area is 152 Å². The zero-order chi connectivity index (χ0) is 17.3. The van der Waals surface area contributed by atoms with Gasteiger partial charge in [0, 0.05) is 20.8 Å². The lowest BCUT2D eigenvalue weighted by Crippen LogP contribution is -2.13. The van der Waals surface area contributed by atoms with Crippen LogP contribution in [-0.2, 0) is 4.74 Å². The number of thioether (sulfide) groups is 1. The Kier molecular flexibility index (Phi) is 5.10. The highest BCUT2D eigenvalue weighted by Gasteiger charge is 2.37. The highest BCUT2D eigenvalue weighted by molar-refractivity contribution is 9.10. The Morgan fingerprint density at radius 1 is 1.42 bits per heavy atom. The fourth-order valence-corrected chi connectivity index (χ4v) is 3.61. The van der Waals surface area contributed by atoms with Crippen LogP contribution in [0.2, 0.25) is 0 Å². The Bertz CT molecular complexity index is 798. The summed E-state index contributed by atoms with van der Waals surface area (Å²) in [6.45, 7) is 1.92. The summed E-state index contributed by atoms with van der Waals surface area (Å²) in [5, 5.41) is 3.83. The summed E-state index contributed by atoms with van der Waals surface area (Å²) in [6, 6.07) is 5.43. The molecule has 1 aromatic heterocycles. The summed E-state index contributed by atoms with van der Waals surface area (Å²) in [4.78, 5) is 26.1. The molecular weight excluding hydrogens is 394 g/mol. The van der Waals surface area contributed by atoms with Crippen LogP contribution in [0.5, 0.6) is 0 Å². The predicted molar refractivity (Wildman–Crippen MR) is 93.8 cm³/mol. The number of carbonyl (C=O) groups excluding carboxylic acids is 2. The zero-order valence-corrected chi connectivity index (χ0v) is 15.7. The topological polar surface area (TPSA) is 69.4 Å². The van der Waals surface area contributed by atoms with Crippen molar-refractivity contribution in [3.8, 4) is 0 Å². The van der Waals surface area contributed by atoms with Gasteiger partial charge in [-0.25, -0.2) is 4.79 Å². The van der Waals surface area contributed by atoms with Crippen LogP contribution < -0.4 is 0 Å². The van der Waals surface area contributed by atoms with E-state index in [2.05, 4.69) is 21.1 Å². The number of hydrogen-bond donors (Lipinski definition) is 0. The number of halogens is 1. The number of benzene rings is 1. The highest BCUT2D eigenvalue weighted by atomic mass is 79.9. The second-order valence-corrected chi connectivity index (χ2v) is 7.20. The molecule has 0 saturated heterocycles. The van der Waals surface area contributed by atoms with E-state index in [1.807, 2.05) is 12.3 Å². The summed E-state index contributed by atoms with van der Waals surface area (Å²) in [5.74, 6) is -0.219. The van der Waals surface area contributed by atoms with E-state index in [9.17, 15) is 9.59 Å². The fraction of sp³-hybridized carbons (Fsp3) is 0.353. The number of hydrogen-bond acceptors (Lipinski definition) is 6. The molecule has 1 aromatic carbocycles. The van der Waals surface area contributed by atoms with E-state index in [-0.39, 0.29) is 29.6 Å². The summed E-state index contributed by atoms with van der Waals surface area (Å²) in [7, 11) is 0. The third-order valence-corrected chi connectivity index (χ3v) is 5.04. The average Bonchev–Trinajstić information content (AvgIpc) is 3.32. The average molecular weight is 410 g/mol. The van der Waals surface area contributed by atoms with Gasteiger partial charge in [0.2, 0.25) is 5.69 Å². The van der Waals surface area contributed by atoms with Gasteiger partial charge in [0.1, 0.15) is 5.56 Å². The zero-order valence-electron chi connectivity index (χ0n) is 13.3. The van der Waals surface area contributed by atoms with Gasteiger partial charge in [0.05, 0.1) is 6.61 Å². The molecule has 0 unspecified atom stereocenters. The molecule has 1 saturated carbocycles. The number of aromatic nitrogens is 1. The molecule has 0 radical (unpaired) electrons. The lowest BCUT2D eigenvalue weighted by molar-refractivity contribution is 0.0512. The lowest BCUT2D eigenvalue weighted by atomic mass is 9.99. The lowest BCUT2D eigenvalue weighted by Gasteiger charge is -2.08. The number of carbonyl (C=O) groups is 2. The van der Waals surface area contributed by atoms with Crippen molar-refractivity contribution >= 4 is 39.4 Å². The van der Waals surface area contributed by atoms with Crippen molar-refractivity contribution in [1.82, 2.24) is 5.16 Å². The smallest absolute Gasteiger partial charge is 0.361 e. The van der Waals surface area contributed by atoms with Crippen molar-refractivity contribution in [3.63, 3.8) is 0 Å². The predicted octanol–water partition coefficient (Wildman–Crippen LogP) is 4.44. The van der Waals surface area contributed by atoms with Crippen LogP contribution in [0.4, 0.5) is 0 Å². The quantitative estimate of drug-likeness (QED) is 0.398. The summed E-state index contributed by atoms with van der Waals surface area (Å²) in [5.41, 5.74) is 0.744. The molecule has 0 atom stereocenters. The van der Waals surface area contributed by atoms with Gasteiger partial charge >= 0.3 is 5.97 Å². The number of nitrogens with zero attached hydrogens (tertiary/aromatic N) is 1. The summed E-state index contributed by atoms with van der Waals surface area (Å²) < 4.78 is 11.2. The van der Waals surface area contributed by atoms with Gasteiger partial charge in [-0.15, -0.1) is 11.8 Å². The number of ketones is 1. The maximum Gasteiger partial charge on any atom is 0.361 e. The molecule has 2 aromatic rings. The minimum atomic E-state index is -0.626. The first-order chi connectivity index (χ1) is 11.6. The van der Waals surface area contributed by atoms with Crippen LogP contribution in [0, 0.1) is 0 Å². The number of rotatable bonds is 6. The standard InChI is InChI=1S/C17H16BrNO4S/c1-3-22-17(21)14-13(16(23-19-14)9-4-5-9)15(20)11-7-6-10(18)8-12(11)24-2/h6-9H,3-5H2,1-2H3. The van der Waals surface area contributed by atoms with Crippen molar-refractivity contribution in [1.29, 1.82) is 0 Å². The van der Waals surface area contributed by atoms with Crippen LogP contribution in [0.3, 0.4) is 0 Å². The van der Waals surface area contributed by atoms with Gasteiger partial charge < -0.3 is 9.26 Å². The first kappa shape index (κ1) is 17.2. The normalized spacial score (nSPS) is 13.8. The monoisotopic (exact) mass is 409 g/mol. The van der Waals surface area contributed by atoms with Crippen LogP contribution in [0.1, 0.15) is 57.9 Å². The van der Waals surface area contributed by atoms with Crippen LogP contribution in [0.15, 0.2) is 32.1 Å². The third-order valence-electron chi connectivity index (χ3n) is 3.77. The first-order valence-electron chi connectivity index (χ1n) is 7.61. The molecule has 1 heterocycles. The molecule has 0 amide bonds. The second kappa shape index (κ2) is 7.11. The van der Waals surface area contributed by atoms with Crippen molar-refractivity contribution in [3.05, 3.63) is 45.3 Å². The largest absolute Gasteiger partial charge is 0.461 e. The molecule has 126 valence electrons. The molecule has 3 rings (SSSR count). The highest BCUT2D eigenvalue weighted by Crippen LogP contribution is 2.43. The van der Waals surface area contributed by atoms with Crippen molar-refractivity contribution in [2.45, 2.75) is 30.6 Å². The van der Waals surface area contributed by atoms with Crippen LogP contribution in [0.25, 0.3) is 0 Å². The van der Waals surface area contributed by atoms with Gasteiger partial charge in [-0.2, -0.15) is 0 Å². The molecular formula is C17H16BrNO4S. The van der Waals surface area contributed by atoms with Gasteiger partial charge in [0.25, 0.3) is 0 Å². The molecule has 1 aliphatic carbocycles. The molecule has 24 heavy (non-hydrogen) atoms. The van der Waals surface area contributed by atoms with Crippen molar-refractivity contribution < 1.29 is 18.8 Å². The molecule has 0 bridgehead atoms. The van der Waals surface area contributed by atoms with Gasteiger partial charge in [0.15, 0.2) is 11.5 Å². The third kappa shape index (κ3) is 3.28. The van der Waals surface area contributed by atoms with E-state index >= 15 is 0 Å². The maximum absolute atomic E-state index is 13.1. The van der Waals surface area contributed by atoms with E-state index < -0.39 is 5.97 Å². The maximum atomic E-state index is 13.1. The fourth-order valence-electron chi connectivity index (χ4n) is 2.47. The Balaban J connectivity index is 2.09. The van der Waals surface area contributed by atoms with Crippen molar-refractivity contribution in [2.75, 3.05) is 12.9 Å². The van der Waals surface area contributed by atoms with E-state index in [0.29, 0.717) is 11.3 Å². The molecule has 0 spiro atoms. The Morgan fingerprint density at radius 2 is 2.17 bits per heavy atom. The summed E-state index contributed by atoms with van der Waals surface area (Å²) in [6.07, 6.45) is 3.78. The number of ether oxygens (including phenoxy) is 1. The van der Waals surface area contributed by atoms with E-state index in [0.717, 1.165) is 22.2 Å². The molecule has 7 heteroatoms. The van der Waals surface area contributed by atoms with Crippen LogP contribution >= 0.6 is 27.7 Å². The van der Waals surface area contributed by atoms with Gasteiger partial charge in [-0.3, -0.25) is 4.79 Å². The molecule has 0 N–H and O–H groups in total. The minimum absolute atomic E-state index is 0.0290. The molecule has 1 aliphatic rings. The van der Waals surface area contributed by atoms with Crippen LogP contribution in [-0.4, -0.2) is 29.8 Å². The first-order valence-corrected chi connectivity index (χ1v) is 9.63. The van der Waals surface area contributed by atoms with E-state index in [4.69, 9.17) is 9.26 Å². The Morgan fingerprint density at radius 3 is 2.79 bits per heavy atom. The van der Waals surface area contributed by atoms with E-state index in [1.165, 1.54) is 11.8 Å². The number of esters is 1. The SMILES string of the molecule is CCOC(=O)c1noc(C2CC2)c1C(=O)c1ccc(Br)cc1SC. The second-order valence-electron chi connectivity index (χ2n) is 5.44. The molecule has 1 fully saturated rings.